The topological polar surface area (TPSA) is 59.8 Å². The number of aryl methyl sites for hydroxylation is 2. The minimum Gasteiger partial charge on any atom is -0.348 e. The van der Waals surface area contributed by atoms with Crippen LogP contribution in [0.25, 0.3) is 10.9 Å². The number of rotatable bonds is 4. The standard InChI is InChI=1S/C18H20N4O/c1-12-4-5-17-15(8-12)16(9-13(2)20-17)18(23)21-14(3)10-22-7-6-19-11-22/h4-9,11,14H,10H2,1-3H3,(H,21,23). The van der Waals surface area contributed by atoms with Crippen LogP contribution in [0.2, 0.25) is 0 Å². The number of pyridine rings is 1. The monoisotopic (exact) mass is 308 g/mol. The SMILES string of the molecule is Cc1ccc2nc(C)cc(C(=O)NC(C)Cn3ccnc3)c2c1. The van der Waals surface area contributed by atoms with Gasteiger partial charge in [0.05, 0.1) is 17.4 Å². The van der Waals surface area contributed by atoms with Gasteiger partial charge in [-0.1, -0.05) is 11.6 Å². The van der Waals surface area contributed by atoms with E-state index in [0.717, 1.165) is 22.2 Å². The number of fused-ring (bicyclic) bond motifs is 1. The Labute approximate surface area is 135 Å². The summed E-state index contributed by atoms with van der Waals surface area (Å²) in [6, 6.07) is 7.84. The highest BCUT2D eigenvalue weighted by molar-refractivity contribution is 6.06. The van der Waals surface area contributed by atoms with E-state index in [0.29, 0.717) is 12.1 Å². The molecule has 3 rings (SSSR count). The first-order chi connectivity index (χ1) is 11.0. The van der Waals surface area contributed by atoms with Crippen molar-refractivity contribution in [2.45, 2.75) is 33.4 Å². The summed E-state index contributed by atoms with van der Waals surface area (Å²) >= 11 is 0. The van der Waals surface area contributed by atoms with Crippen LogP contribution < -0.4 is 5.32 Å². The van der Waals surface area contributed by atoms with Gasteiger partial charge >= 0.3 is 0 Å². The van der Waals surface area contributed by atoms with E-state index in [1.165, 1.54) is 0 Å². The third-order valence-corrected chi connectivity index (χ3v) is 3.76. The molecule has 0 saturated carbocycles. The van der Waals surface area contributed by atoms with Gasteiger partial charge in [0.15, 0.2) is 0 Å². The van der Waals surface area contributed by atoms with E-state index < -0.39 is 0 Å². The molecule has 0 radical (unpaired) electrons. The average molecular weight is 308 g/mol. The van der Waals surface area contributed by atoms with Gasteiger partial charge in [-0.2, -0.15) is 0 Å². The van der Waals surface area contributed by atoms with Crippen LogP contribution in [0.15, 0.2) is 43.0 Å². The fraction of sp³-hybridized carbons (Fsp3) is 0.278. The summed E-state index contributed by atoms with van der Waals surface area (Å²) in [7, 11) is 0. The van der Waals surface area contributed by atoms with Gasteiger partial charge in [-0.15, -0.1) is 0 Å². The number of imidazole rings is 1. The Morgan fingerprint density at radius 3 is 2.87 bits per heavy atom. The molecule has 3 aromatic rings. The molecule has 0 aliphatic heterocycles. The number of nitrogens with one attached hydrogen (secondary N) is 1. The maximum atomic E-state index is 12.7. The quantitative estimate of drug-likeness (QED) is 0.806. The van der Waals surface area contributed by atoms with Gasteiger partial charge in [-0.25, -0.2) is 4.98 Å². The number of hydrogen-bond donors (Lipinski definition) is 1. The lowest BCUT2D eigenvalue weighted by molar-refractivity contribution is 0.0938. The first kappa shape index (κ1) is 15.2. The number of hydrogen-bond acceptors (Lipinski definition) is 3. The van der Waals surface area contributed by atoms with Gasteiger partial charge in [0.1, 0.15) is 0 Å². The van der Waals surface area contributed by atoms with Gasteiger partial charge in [-0.05, 0) is 39.0 Å². The largest absolute Gasteiger partial charge is 0.348 e. The van der Waals surface area contributed by atoms with E-state index in [1.54, 1.807) is 12.5 Å². The smallest absolute Gasteiger partial charge is 0.252 e. The molecule has 118 valence electrons. The molecule has 5 nitrogen and oxygen atoms in total. The van der Waals surface area contributed by atoms with Gasteiger partial charge < -0.3 is 9.88 Å². The van der Waals surface area contributed by atoms with E-state index >= 15 is 0 Å². The van der Waals surface area contributed by atoms with Crippen LogP contribution in [-0.4, -0.2) is 26.5 Å². The third kappa shape index (κ3) is 3.39. The lowest BCUT2D eigenvalue weighted by atomic mass is 10.0. The summed E-state index contributed by atoms with van der Waals surface area (Å²) in [5.41, 5.74) is 3.48. The molecule has 23 heavy (non-hydrogen) atoms. The molecule has 0 bridgehead atoms. The maximum Gasteiger partial charge on any atom is 0.252 e. The van der Waals surface area contributed by atoms with Crippen LogP contribution in [0.4, 0.5) is 0 Å². The lowest BCUT2D eigenvalue weighted by Gasteiger charge is -2.16. The Morgan fingerprint density at radius 1 is 1.30 bits per heavy atom. The van der Waals surface area contributed by atoms with Crippen LogP contribution in [0.1, 0.15) is 28.5 Å². The minimum absolute atomic E-state index is 0.00466. The van der Waals surface area contributed by atoms with Crippen molar-refractivity contribution in [3.63, 3.8) is 0 Å². The zero-order chi connectivity index (χ0) is 16.4. The summed E-state index contributed by atoms with van der Waals surface area (Å²) in [6.07, 6.45) is 5.37. The lowest BCUT2D eigenvalue weighted by Crippen LogP contribution is -2.35. The number of carbonyl (C=O) groups is 1. The van der Waals surface area contributed by atoms with E-state index in [9.17, 15) is 4.79 Å². The molecule has 0 spiro atoms. The number of aromatic nitrogens is 3. The van der Waals surface area contributed by atoms with E-state index in [-0.39, 0.29) is 11.9 Å². The molecule has 5 heteroatoms. The first-order valence-electron chi connectivity index (χ1n) is 7.67. The van der Waals surface area contributed by atoms with Crippen molar-refractivity contribution in [3.8, 4) is 0 Å². The molecular formula is C18H20N4O. The zero-order valence-electron chi connectivity index (χ0n) is 13.6. The van der Waals surface area contributed by atoms with Crippen molar-refractivity contribution in [1.29, 1.82) is 0 Å². The van der Waals surface area contributed by atoms with Gasteiger partial charge in [0.2, 0.25) is 0 Å². The fourth-order valence-electron chi connectivity index (χ4n) is 2.72. The highest BCUT2D eigenvalue weighted by Gasteiger charge is 2.14. The van der Waals surface area contributed by atoms with Crippen LogP contribution in [0.3, 0.4) is 0 Å². The molecule has 0 aliphatic carbocycles. The molecule has 1 aromatic carbocycles. The number of carbonyl (C=O) groups excluding carboxylic acids is 1. The second kappa shape index (κ2) is 6.20. The van der Waals surface area contributed by atoms with Gasteiger partial charge in [0.25, 0.3) is 5.91 Å². The highest BCUT2D eigenvalue weighted by Crippen LogP contribution is 2.20. The summed E-state index contributed by atoms with van der Waals surface area (Å²) in [4.78, 5) is 21.2. The molecular weight excluding hydrogens is 288 g/mol. The highest BCUT2D eigenvalue weighted by atomic mass is 16.1. The molecule has 0 aliphatic rings. The summed E-state index contributed by atoms with van der Waals surface area (Å²) in [6.45, 7) is 6.60. The second-order valence-corrected chi connectivity index (χ2v) is 5.97. The third-order valence-electron chi connectivity index (χ3n) is 3.76. The fourth-order valence-corrected chi connectivity index (χ4v) is 2.72. The second-order valence-electron chi connectivity index (χ2n) is 5.97. The minimum atomic E-state index is -0.0706. The molecule has 2 aromatic heterocycles. The molecule has 0 saturated heterocycles. The Balaban J connectivity index is 1.86. The van der Waals surface area contributed by atoms with Crippen LogP contribution >= 0.6 is 0 Å². The van der Waals surface area contributed by atoms with E-state index in [4.69, 9.17) is 0 Å². The predicted octanol–water partition coefficient (Wildman–Crippen LogP) is 2.87. The summed E-state index contributed by atoms with van der Waals surface area (Å²) in [5, 5.41) is 3.95. The molecule has 1 atom stereocenters. The van der Waals surface area contributed by atoms with Gasteiger partial charge in [0, 0.05) is 36.1 Å². The Bertz CT molecular complexity index is 840. The number of amides is 1. The maximum absolute atomic E-state index is 12.7. The first-order valence-corrected chi connectivity index (χ1v) is 7.67. The molecule has 2 heterocycles. The van der Waals surface area contributed by atoms with Crippen molar-refractivity contribution >= 4 is 16.8 Å². The number of nitrogens with zero attached hydrogens (tertiary/aromatic N) is 3. The number of benzene rings is 1. The summed E-state index contributed by atoms with van der Waals surface area (Å²) in [5.74, 6) is -0.0706. The van der Waals surface area contributed by atoms with Crippen LogP contribution in [0.5, 0.6) is 0 Å². The molecule has 1 amide bonds. The molecule has 0 fully saturated rings. The van der Waals surface area contributed by atoms with Crippen LogP contribution in [-0.2, 0) is 6.54 Å². The van der Waals surface area contributed by atoms with Crippen molar-refractivity contribution < 1.29 is 4.79 Å². The molecule has 1 unspecified atom stereocenters. The normalized spacial score (nSPS) is 12.3. The van der Waals surface area contributed by atoms with E-state index in [2.05, 4.69) is 15.3 Å². The van der Waals surface area contributed by atoms with Crippen molar-refractivity contribution in [3.05, 3.63) is 59.8 Å². The van der Waals surface area contributed by atoms with E-state index in [1.807, 2.05) is 55.8 Å². The average Bonchev–Trinajstić information content (AvgIpc) is 2.99. The van der Waals surface area contributed by atoms with Gasteiger partial charge in [-0.3, -0.25) is 9.78 Å². The molecule has 1 N–H and O–H groups in total. The van der Waals surface area contributed by atoms with Crippen molar-refractivity contribution in [2.75, 3.05) is 0 Å². The Hall–Kier alpha value is -2.69. The predicted molar refractivity (Wildman–Crippen MR) is 90.4 cm³/mol. The van der Waals surface area contributed by atoms with Crippen molar-refractivity contribution in [1.82, 2.24) is 19.9 Å². The Morgan fingerprint density at radius 2 is 2.13 bits per heavy atom. The van der Waals surface area contributed by atoms with Crippen LogP contribution in [0, 0.1) is 13.8 Å². The van der Waals surface area contributed by atoms with Crippen molar-refractivity contribution in [2.24, 2.45) is 0 Å². The summed E-state index contributed by atoms with van der Waals surface area (Å²) < 4.78 is 1.95. The zero-order valence-corrected chi connectivity index (χ0v) is 13.6. The Kier molecular flexibility index (Phi) is 4.10.